The molecule has 6 nitrogen and oxygen atoms in total. The van der Waals surface area contributed by atoms with Gasteiger partial charge in [0, 0.05) is 27.1 Å². The molecule has 3 aromatic carbocycles. The summed E-state index contributed by atoms with van der Waals surface area (Å²) in [5.41, 5.74) is 2.26. The van der Waals surface area contributed by atoms with Gasteiger partial charge in [0.15, 0.2) is 16.6 Å². The molecule has 4 rings (SSSR count). The second-order valence-corrected chi connectivity index (χ2v) is 9.05. The molecule has 0 spiro atoms. The Morgan fingerprint density at radius 2 is 1.73 bits per heavy atom. The Hall–Kier alpha value is -2.78. The van der Waals surface area contributed by atoms with Gasteiger partial charge in [0.2, 0.25) is 0 Å². The van der Waals surface area contributed by atoms with Crippen LogP contribution in [0.25, 0.3) is 10.9 Å². The molecule has 0 saturated heterocycles. The minimum atomic E-state index is 0.408. The number of aromatic nitrogens is 2. The number of hydrogen-bond donors (Lipinski definition) is 2. The molecule has 0 saturated carbocycles. The zero-order chi connectivity index (χ0) is 23.4. The van der Waals surface area contributed by atoms with E-state index >= 15 is 0 Å². The summed E-state index contributed by atoms with van der Waals surface area (Å²) in [5.74, 6) is 1.24. The smallest absolute Gasteiger partial charge is 0.175 e. The van der Waals surface area contributed by atoms with E-state index in [0.717, 1.165) is 26.5 Å². The number of nitrogens with zero attached hydrogens (tertiary/aromatic N) is 2. The quantitative estimate of drug-likeness (QED) is 0.211. The third-order valence-corrected chi connectivity index (χ3v) is 6.35. The first-order valence-electron chi connectivity index (χ1n) is 9.64. The highest BCUT2D eigenvalue weighted by Crippen LogP contribution is 2.37. The van der Waals surface area contributed by atoms with Crippen molar-refractivity contribution in [2.24, 2.45) is 0 Å². The van der Waals surface area contributed by atoms with Crippen molar-refractivity contribution in [1.29, 1.82) is 0 Å². The number of rotatable bonds is 6. The minimum absolute atomic E-state index is 0.408. The van der Waals surface area contributed by atoms with E-state index in [0.29, 0.717) is 32.3 Å². The zero-order valence-electron chi connectivity index (χ0n) is 17.6. The van der Waals surface area contributed by atoms with Crippen molar-refractivity contribution >= 4 is 74.6 Å². The molecule has 10 heteroatoms. The molecule has 0 bridgehead atoms. The average Bonchev–Trinajstić information content (AvgIpc) is 2.80. The molecule has 0 aliphatic carbocycles. The molecule has 1 heterocycles. The number of hydrogen-bond acceptors (Lipinski definition) is 6. The van der Waals surface area contributed by atoms with Crippen molar-refractivity contribution in [2.75, 3.05) is 24.9 Å². The molecular formula is C23H18Cl2N4O2S2. The summed E-state index contributed by atoms with van der Waals surface area (Å²) in [7, 11) is 3.20. The highest BCUT2D eigenvalue weighted by atomic mass is 35.5. The van der Waals surface area contributed by atoms with Crippen LogP contribution in [0.3, 0.4) is 0 Å². The van der Waals surface area contributed by atoms with Crippen LogP contribution >= 0.6 is 47.2 Å². The van der Waals surface area contributed by atoms with Gasteiger partial charge < -0.3 is 20.1 Å². The summed E-state index contributed by atoms with van der Waals surface area (Å²) in [4.78, 5) is 9.80. The van der Waals surface area contributed by atoms with Gasteiger partial charge in [-0.3, -0.25) is 0 Å². The van der Waals surface area contributed by atoms with E-state index in [-0.39, 0.29) is 0 Å². The van der Waals surface area contributed by atoms with Gasteiger partial charge in [-0.25, -0.2) is 9.97 Å². The number of methoxy groups -OCH3 is 2. The molecule has 0 radical (unpaired) electrons. The number of benzene rings is 3. The van der Waals surface area contributed by atoms with Crippen molar-refractivity contribution in [2.45, 2.75) is 9.92 Å². The second kappa shape index (κ2) is 10.4. The number of thiocarbonyl (C=S) groups is 1. The SMILES string of the molecule is COc1cc2ncnc(Sc3cccc(NC(=S)Nc4ccc(Cl)cc4Cl)c3)c2cc1OC. The Morgan fingerprint density at radius 3 is 2.48 bits per heavy atom. The van der Waals surface area contributed by atoms with Gasteiger partial charge in [0.25, 0.3) is 0 Å². The lowest BCUT2D eigenvalue weighted by Crippen LogP contribution is -2.19. The molecule has 1 aromatic heterocycles. The predicted octanol–water partition coefficient (Wildman–Crippen LogP) is 6.91. The van der Waals surface area contributed by atoms with Crippen molar-refractivity contribution in [1.82, 2.24) is 9.97 Å². The third kappa shape index (κ3) is 5.59. The Kier molecular flexibility index (Phi) is 7.39. The monoisotopic (exact) mass is 516 g/mol. The Labute approximate surface area is 210 Å². The summed E-state index contributed by atoms with van der Waals surface area (Å²) in [6, 6.07) is 16.7. The summed E-state index contributed by atoms with van der Waals surface area (Å²) in [6.45, 7) is 0. The summed E-state index contributed by atoms with van der Waals surface area (Å²) in [6.07, 6.45) is 1.54. The van der Waals surface area contributed by atoms with Gasteiger partial charge in [-0.2, -0.15) is 0 Å². The standard InChI is InChI=1S/C23H18Cl2N4O2S2/c1-30-20-10-16-19(11-21(20)31-2)26-12-27-22(16)33-15-5-3-4-14(9-15)28-23(32)29-18-7-6-13(24)8-17(18)25/h3-12H,1-2H3,(H2,28,29,32). The lowest BCUT2D eigenvalue weighted by Gasteiger charge is -2.13. The second-order valence-electron chi connectivity index (χ2n) is 6.74. The topological polar surface area (TPSA) is 68.3 Å². The maximum atomic E-state index is 6.21. The first kappa shape index (κ1) is 23.4. The highest BCUT2D eigenvalue weighted by molar-refractivity contribution is 7.99. The van der Waals surface area contributed by atoms with E-state index in [1.807, 2.05) is 36.4 Å². The number of halogens is 2. The molecule has 4 aromatic rings. The van der Waals surface area contributed by atoms with Crippen LogP contribution in [0.1, 0.15) is 0 Å². The van der Waals surface area contributed by atoms with Crippen molar-refractivity contribution < 1.29 is 9.47 Å². The van der Waals surface area contributed by atoms with Crippen LogP contribution in [-0.2, 0) is 0 Å². The van der Waals surface area contributed by atoms with Crippen molar-refractivity contribution in [3.05, 3.63) is 71.0 Å². The number of fused-ring (bicyclic) bond motifs is 1. The van der Waals surface area contributed by atoms with Crippen LogP contribution < -0.4 is 20.1 Å². The van der Waals surface area contributed by atoms with Crippen LogP contribution in [0, 0.1) is 0 Å². The third-order valence-electron chi connectivity index (χ3n) is 4.59. The summed E-state index contributed by atoms with van der Waals surface area (Å²) >= 11 is 19.1. The van der Waals surface area contributed by atoms with Crippen LogP contribution in [0.4, 0.5) is 11.4 Å². The fraction of sp³-hybridized carbons (Fsp3) is 0.0870. The first-order chi connectivity index (χ1) is 16.0. The van der Waals surface area contributed by atoms with Gasteiger partial charge in [-0.15, -0.1) is 0 Å². The van der Waals surface area contributed by atoms with Gasteiger partial charge in [0.05, 0.1) is 30.4 Å². The fourth-order valence-corrected chi connectivity index (χ4v) is 4.68. The van der Waals surface area contributed by atoms with E-state index in [1.165, 1.54) is 18.1 Å². The van der Waals surface area contributed by atoms with Crippen LogP contribution in [0.5, 0.6) is 11.5 Å². The van der Waals surface area contributed by atoms with E-state index in [2.05, 4.69) is 20.6 Å². The van der Waals surface area contributed by atoms with Crippen molar-refractivity contribution in [3.63, 3.8) is 0 Å². The molecule has 0 fully saturated rings. The van der Waals surface area contributed by atoms with E-state index < -0.39 is 0 Å². The van der Waals surface area contributed by atoms with E-state index in [1.54, 1.807) is 32.4 Å². The maximum Gasteiger partial charge on any atom is 0.175 e. The minimum Gasteiger partial charge on any atom is -0.493 e. The van der Waals surface area contributed by atoms with Crippen LogP contribution in [0.2, 0.25) is 10.0 Å². The average molecular weight is 517 g/mol. The summed E-state index contributed by atoms with van der Waals surface area (Å²) in [5, 5.41) is 9.37. The Bertz CT molecular complexity index is 1340. The molecule has 168 valence electrons. The highest BCUT2D eigenvalue weighted by Gasteiger charge is 2.12. The Balaban J connectivity index is 1.53. The van der Waals surface area contributed by atoms with Crippen molar-refractivity contribution in [3.8, 4) is 11.5 Å². The molecule has 2 N–H and O–H groups in total. The van der Waals surface area contributed by atoms with Gasteiger partial charge in [0.1, 0.15) is 11.4 Å². The zero-order valence-corrected chi connectivity index (χ0v) is 20.7. The van der Waals surface area contributed by atoms with Gasteiger partial charge in [-0.1, -0.05) is 41.0 Å². The first-order valence-corrected chi connectivity index (χ1v) is 11.6. The van der Waals surface area contributed by atoms with Crippen LogP contribution in [0.15, 0.2) is 70.8 Å². The molecule has 0 aliphatic rings. The molecule has 0 atom stereocenters. The molecular weight excluding hydrogens is 499 g/mol. The van der Waals surface area contributed by atoms with Gasteiger partial charge >= 0.3 is 0 Å². The number of ether oxygens (including phenoxy) is 2. The lowest BCUT2D eigenvalue weighted by atomic mass is 10.2. The molecule has 0 aliphatic heterocycles. The van der Waals surface area contributed by atoms with Gasteiger partial charge in [-0.05, 0) is 54.7 Å². The molecule has 33 heavy (non-hydrogen) atoms. The largest absolute Gasteiger partial charge is 0.493 e. The Morgan fingerprint density at radius 1 is 0.939 bits per heavy atom. The molecule has 0 unspecified atom stereocenters. The number of anilines is 2. The normalized spacial score (nSPS) is 10.7. The van der Waals surface area contributed by atoms with E-state index in [4.69, 9.17) is 44.9 Å². The fourth-order valence-electron chi connectivity index (χ4n) is 3.07. The lowest BCUT2D eigenvalue weighted by molar-refractivity contribution is 0.355. The van der Waals surface area contributed by atoms with E-state index in [9.17, 15) is 0 Å². The summed E-state index contributed by atoms with van der Waals surface area (Å²) < 4.78 is 10.8. The maximum absolute atomic E-state index is 6.21. The molecule has 0 amide bonds. The predicted molar refractivity (Wildman–Crippen MR) is 140 cm³/mol. The van der Waals surface area contributed by atoms with Crippen LogP contribution in [-0.4, -0.2) is 29.3 Å². The number of nitrogens with one attached hydrogen (secondary N) is 2.